The van der Waals surface area contributed by atoms with Crippen LogP contribution in [0.4, 0.5) is 5.69 Å². The number of benzene rings is 2. The lowest BCUT2D eigenvalue weighted by molar-refractivity contribution is -0.114. The molecule has 1 saturated heterocycles. The number of piperidine rings is 1. The second-order valence-electron chi connectivity index (χ2n) is 8.33. The molecule has 0 spiro atoms. The zero-order valence-electron chi connectivity index (χ0n) is 20.2. The number of aromatic nitrogens is 2. The van der Waals surface area contributed by atoms with Gasteiger partial charge >= 0.3 is 0 Å². The molecule has 1 aromatic heterocycles. The molecule has 1 aliphatic rings. The van der Waals surface area contributed by atoms with Crippen LogP contribution in [0.2, 0.25) is 0 Å². The topological polar surface area (TPSA) is 107 Å². The van der Waals surface area contributed by atoms with Crippen molar-refractivity contribution in [3.8, 4) is 22.9 Å². The van der Waals surface area contributed by atoms with Gasteiger partial charge in [0.05, 0.1) is 19.1 Å². The van der Waals surface area contributed by atoms with E-state index in [2.05, 4.69) is 15.5 Å². The highest BCUT2D eigenvalue weighted by molar-refractivity contribution is 5.95. The first-order valence-electron chi connectivity index (χ1n) is 11.9. The van der Waals surface area contributed by atoms with Crippen LogP contribution in [0, 0.1) is 0 Å². The average Bonchev–Trinajstić information content (AvgIpc) is 3.36. The Labute approximate surface area is 204 Å². The van der Waals surface area contributed by atoms with Crippen molar-refractivity contribution in [1.29, 1.82) is 0 Å². The number of amides is 2. The fourth-order valence-corrected chi connectivity index (χ4v) is 4.15. The molecule has 0 radical (unpaired) electrons. The van der Waals surface area contributed by atoms with E-state index in [-0.39, 0.29) is 17.7 Å². The van der Waals surface area contributed by atoms with Crippen LogP contribution in [0.15, 0.2) is 47.0 Å². The zero-order chi connectivity index (χ0) is 24.8. The first-order valence-corrected chi connectivity index (χ1v) is 11.9. The molecule has 1 atom stereocenters. The minimum atomic E-state index is -0.129. The molecule has 2 heterocycles. The summed E-state index contributed by atoms with van der Waals surface area (Å²) in [6.45, 7) is 7.44. The molecule has 184 valence electrons. The number of hydrogen-bond acceptors (Lipinski definition) is 7. The summed E-state index contributed by atoms with van der Waals surface area (Å²) >= 11 is 0. The number of anilines is 1. The van der Waals surface area contributed by atoms with E-state index in [1.807, 2.05) is 30.9 Å². The van der Waals surface area contributed by atoms with Gasteiger partial charge in [0.1, 0.15) is 0 Å². The second kappa shape index (κ2) is 11.0. The molecule has 4 rings (SSSR count). The van der Waals surface area contributed by atoms with Crippen LogP contribution in [0.25, 0.3) is 11.4 Å². The van der Waals surface area contributed by atoms with Gasteiger partial charge in [0.2, 0.25) is 17.6 Å². The predicted molar refractivity (Wildman–Crippen MR) is 131 cm³/mol. The maximum absolute atomic E-state index is 13.3. The van der Waals surface area contributed by atoms with Gasteiger partial charge in [-0.25, -0.2) is 0 Å². The lowest BCUT2D eigenvalue weighted by Gasteiger charge is -2.31. The van der Waals surface area contributed by atoms with Gasteiger partial charge in [0.15, 0.2) is 11.5 Å². The van der Waals surface area contributed by atoms with E-state index in [0.29, 0.717) is 60.8 Å². The lowest BCUT2D eigenvalue weighted by atomic mass is 9.97. The van der Waals surface area contributed by atoms with Crippen molar-refractivity contribution in [2.45, 2.75) is 39.5 Å². The van der Waals surface area contributed by atoms with Gasteiger partial charge in [0.25, 0.3) is 5.91 Å². The highest BCUT2D eigenvalue weighted by atomic mass is 16.5. The molecule has 2 aromatic carbocycles. The third-order valence-electron chi connectivity index (χ3n) is 5.75. The number of ether oxygens (including phenoxy) is 2. The first kappa shape index (κ1) is 24.3. The zero-order valence-corrected chi connectivity index (χ0v) is 20.2. The van der Waals surface area contributed by atoms with Gasteiger partial charge in [-0.15, -0.1) is 0 Å². The van der Waals surface area contributed by atoms with E-state index < -0.39 is 0 Å². The van der Waals surface area contributed by atoms with E-state index in [9.17, 15) is 9.59 Å². The van der Waals surface area contributed by atoms with Crippen molar-refractivity contribution in [3.63, 3.8) is 0 Å². The number of nitrogens with one attached hydrogen (secondary N) is 1. The third-order valence-corrected chi connectivity index (χ3v) is 5.75. The number of carbonyl (C=O) groups excluding carboxylic acids is 2. The van der Waals surface area contributed by atoms with Crippen molar-refractivity contribution in [1.82, 2.24) is 15.0 Å². The number of hydrogen-bond donors (Lipinski definition) is 1. The monoisotopic (exact) mass is 478 g/mol. The van der Waals surface area contributed by atoms with Crippen LogP contribution in [-0.2, 0) is 4.79 Å². The van der Waals surface area contributed by atoms with Crippen LogP contribution in [0.3, 0.4) is 0 Å². The van der Waals surface area contributed by atoms with Crippen molar-refractivity contribution in [2.24, 2.45) is 0 Å². The summed E-state index contributed by atoms with van der Waals surface area (Å²) in [5.41, 5.74) is 2.05. The maximum Gasteiger partial charge on any atom is 0.254 e. The Hall–Kier alpha value is -3.88. The van der Waals surface area contributed by atoms with Crippen molar-refractivity contribution in [3.05, 3.63) is 53.9 Å². The van der Waals surface area contributed by atoms with E-state index in [0.717, 1.165) is 18.4 Å². The van der Waals surface area contributed by atoms with Crippen LogP contribution in [-0.4, -0.2) is 53.2 Å². The summed E-state index contributed by atoms with van der Waals surface area (Å²) in [6.07, 6.45) is 1.70. The van der Waals surface area contributed by atoms with E-state index >= 15 is 0 Å². The fourth-order valence-electron chi connectivity index (χ4n) is 4.15. The summed E-state index contributed by atoms with van der Waals surface area (Å²) in [7, 11) is 0. The Bertz CT molecular complexity index is 1170. The molecule has 35 heavy (non-hydrogen) atoms. The Kier molecular flexibility index (Phi) is 7.64. The van der Waals surface area contributed by atoms with Crippen LogP contribution in [0.1, 0.15) is 55.8 Å². The average molecular weight is 479 g/mol. The molecule has 1 aliphatic heterocycles. The summed E-state index contributed by atoms with van der Waals surface area (Å²) in [5, 5.41) is 6.87. The highest BCUT2D eigenvalue weighted by Crippen LogP contribution is 2.32. The van der Waals surface area contributed by atoms with Gasteiger partial charge in [-0.05, 0) is 69.2 Å². The summed E-state index contributed by atoms with van der Waals surface area (Å²) < 4.78 is 16.9. The van der Waals surface area contributed by atoms with Crippen LogP contribution >= 0.6 is 0 Å². The van der Waals surface area contributed by atoms with Gasteiger partial charge in [-0.2, -0.15) is 4.98 Å². The predicted octanol–water partition coefficient (Wildman–Crippen LogP) is 4.51. The van der Waals surface area contributed by atoms with Gasteiger partial charge in [0, 0.05) is 36.8 Å². The Morgan fingerprint density at radius 3 is 2.54 bits per heavy atom. The highest BCUT2D eigenvalue weighted by Gasteiger charge is 2.29. The van der Waals surface area contributed by atoms with Crippen molar-refractivity contribution < 1.29 is 23.6 Å². The molecule has 3 aromatic rings. The fraction of sp³-hybridized carbons (Fsp3) is 0.385. The van der Waals surface area contributed by atoms with Gasteiger partial charge < -0.3 is 24.2 Å². The molecular weight excluding hydrogens is 448 g/mol. The summed E-state index contributed by atoms with van der Waals surface area (Å²) in [6, 6.07) is 12.6. The smallest absolute Gasteiger partial charge is 0.254 e. The van der Waals surface area contributed by atoms with E-state index in [1.165, 1.54) is 6.92 Å². The summed E-state index contributed by atoms with van der Waals surface area (Å²) in [5.74, 6) is 1.96. The van der Waals surface area contributed by atoms with Crippen molar-refractivity contribution >= 4 is 17.5 Å². The van der Waals surface area contributed by atoms with Crippen LogP contribution < -0.4 is 14.8 Å². The number of nitrogens with zero attached hydrogens (tertiary/aromatic N) is 3. The Morgan fingerprint density at radius 1 is 1.09 bits per heavy atom. The molecule has 1 N–H and O–H groups in total. The quantitative estimate of drug-likeness (QED) is 0.507. The second-order valence-corrected chi connectivity index (χ2v) is 8.33. The standard InChI is InChI=1S/C26H30N4O5/c1-4-33-22-13-10-19(15-23(22)34-5-2)26(32)30-14-6-7-20(16-30)25-28-24(29-35-25)18-8-11-21(12-9-18)27-17(3)31/h8-13,15,20H,4-7,14,16H2,1-3H3,(H,27,31)/t20-/m1/s1. The minimum Gasteiger partial charge on any atom is -0.490 e. The van der Waals surface area contributed by atoms with Crippen LogP contribution in [0.5, 0.6) is 11.5 Å². The van der Waals surface area contributed by atoms with Gasteiger partial charge in [-0.3, -0.25) is 9.59 Å². The number of carbonyl (C=O) groups is 2. The molecule has 9 heteroatoms. The molecule has 0 aliphatic carbocycles. The SMILES string of the molecule is CCOc1ccc(C(=O)N2CCC[C@@H](c3nc(-c4ccc(NC(C)=O)cc4)no3)C2)cc1OCC. The molecule has 0 unspecified atom stereocenters. The lowest BCUT2D eigenvalue weighted by Crippen LogP contribution is -2.39. The summed E-state index contributed by atoms with van der Waals surface area (Å²) in [4.78, 5) is 30.9. The largest absolute Gasteiger partial charge is 0.490 e. The normalized spacial score (nSPS) is 15.5. The maximum atomic E-state index is 13.3. The molecule has 9 nitrogen and oxygen atoms in total. The molecule has 0 saturated carbocycles. The van der Waals surface area contributed by atoms with E-state index in [4.69, 9.17) is 14.0 Å². The third kappa shape index (κ3) is 5.79. The van der Waals surface area contributed by atoms with Gasteiger partial charge in [-0.1, -0.05) is 5.16 Å². The van der Waals surface area contributed by atoms with E-state index in [1.54, 1.807) is 30.3 Å². The molecular formula is C26H30N4O5. The molecule has 1 fully saturated rings. The number of likely N-dealkylation sites (tertiary alicyclic amines) is 1. The Balaban J connectivity index is 1.46. The molecule has 0 bridgehead atoms. The Morgan fingerprint density at radius 2 is 1.83 bits per heavy atom. The molecule has 2 amide bonds. The number of rotatable bonds is 8. The van der Waals surface area contributed by atoms with Crippen molar-refractivity contribution in [2.75, 3.05) is 31.6 Å². The minimum absolute atomic E-state index is 0.0401. The first-order chi connectivity index (χ1) is 17.0.